The first kappa shape index (κ1) is 14.9. The van der Waals surface area contributed by atoms with Crippen LogP contribution in [0.4, 0.5) is 17.8 Å². The van der Waals surface area contributed by atoms with Gasteiger partial charge in [-0.25, -0.2) is 5.84 Å². The van der Waals surface area contributed by atoms with Crippen molar-refractivity contribution in [3.8, 4) is 0 Å². The van der Waals surface area contributed by atoms with Gasteiger partial charge in [-0.2, -0.15) is 19.9 Å². The summed E-state index contributed by atoms with van der Waals surface area (Å²) >= 11 is 0. The van der Waals surface area contributed by atoms with E-state index in [0.29, 0.717) is 36.1 Å². The van der Waals surface area contributed by atoms with E-state index in [4.69, 9.17) is 10.4 Å². The number of hydrazine groups is 1. The maximum absolute atomic E-state index is 5.39. The minimum Gasteiger partial charge on any atom is -0.347 e. The lowest BCUT2D eigenvalue weighted by Crippen LogP contribution is -2.26. The largest absolute Gasteiger partial charge is 0.347 e. The second kappa shape index (κ2) is 6.79. The summed E-state index contributed by atoms with van der Waals surface area (Å²) in [6.07, 6.45) is 0. The summed E-state index contributed by atoms with van der Waals surface area (Å²) in [6, 6.07) is 0. The van der Waals surface area contributed by atoms with E-state index in [-0.39, 0.29) is 0 Å². The third kappa shape index (κ3) is 3.75. The number of nitrogens with zero attached hydrogens (tertiary/aromatic N) is 6. The number of hydrogen-bond acceptors (Lipinski definition) is 10. The molecule has 2 rings (SSSR count). The average molecular weight is 293 g/mol. The third-order valence-electron chi connectivity index (χ3n) is 2.77. The zero-order valence-electron chi connectivity index (χ0n) is 12.3. The lowest BCUT2D eigenvalue weighted by Gasteiger charge is -2.19. The normalized spacial score (nSPS) is 10.5. The Balaban J connectivity index is 2.16. The molecule has 114 valence electrons. The highest BCUT2D eigenvalue weighted by Crippen LogP contribution is 2.13. The summed E-state index contributed by atoms with van der Waals surface area (Å²) < 4.78 is 4.90. The highest BCUT2D eigenvalue weighted by atomic mass is 16.5. The number of rotatable bonds is 7. The Morgan fingerprint density at radius 1 is 1.10 bits per heavy atom. The first-order valence-electron chi connectivity index (χ1n) is 6.67. The molecule has 0 saturated heterocycles. The van der Waals surface area contributed by atoms with Gasteiger partial charge in [0.25, 0.3) is 0 Å². The van der Waals surface area contributed by atoms with Crippen LogP contribution in [0.15, 0.2) is 4.52 Å². The van der Waals surface area contributed by atoms with Crippen LogP contribution in [0.1, 0.15) is 25.6 Å². The van der Waals surface area contributed by atoms with E-state index in [9.17, 15) is 0 Å². The van der Waals surface area contributed by atoms with Crippen molar-refractivity contribution < 1.29 is 4.52 Å². The van der Waals surface area contributed by atoms with Crippen LogP contribution < -0.4 is 21.5 Å². The van der Waals surface area contributed by atoms with Gasteiger partial charge < -0.3 is 14.7 Å². The van der Waals surface area contributed by atoms with Crippen molar-refractivity contribution in [2.45, 2.75) is 27.3 Å². The van der Waals surface area contributed by atoms with Gasteiger partial charge in [-0.05, 0) is 13.8 Å². The van der Waals surface area contributed by atoms with Gasteiger partial charge >= 0.3 is 0 Å². The van der Waals surface area contributed by atoms with E-state index in [0.717, 1.165) is 13.1 Å². The fourth-order valence-electron chi connectivity index (χ4n) is 1.73. The van der Waals surface area contributed by atoms with Crippen LogP contribution in [0.2, 0.25) is 0 Å². The molecule has 0 aliphatic heterocycles. The molecule has 0 amide bonds. The molecule has 0 saturated carbocycles. The number of anilines is 3. The van der Waals surface area contributed by atoms with Gasteiger partial charge in [0.2, 0.25) is 23.7 Å². The van der Waals surface area contributed by atoms with Gasteiger partial charge in [-0.1, -0.05) is 5.16 Å². The van der Waals surface area contributed by atoms with Crippen LogP contribution in [0, 0.1) is 6.92 Å². The second-order valence-corrected chi connectivity index (χ2v) is 4.18. The second-order valence-electron chi connectivity index (χ2n) is 4.18. The molecule has 10 nitrogen and oxygen atoms in total. The van der Waals surface area contributed by atoms with Crippen LogP contribution in [-0.4, -0.2) is 38.2 Å². The molecule has 0 aliphatic rings. The van der Waals surface area contributed by atoms with Crippen LogP contribution in [-0.2, 0) is 6.54 Å². The standard InChI is InChI=1S/C11H19N9O/c1-4-20(5-2)11-16-9(15-10(17-11)18-12)13-6-8-14-7(3)21-19-8/h4-6,12H2,1-3H3,(H2,13,15,16,17,18). The predicted octanol–water partition coefficient (Wildman–Crippen LogP) is 0.307. The van der Waals surface area contributed by atoms with E-state index in [1.54, 1.807) is 6.92 Å². The van der Waals surface area contributed by atoms with Crippen LogP contribution in [0.25, 0.3) is 0 Å². The van der Waals surface area contributed by atoms with Crippen molar-refractivity contribution in [2.75, 3.05) is 28.7 Å². The number of hydrogen-bond donors (Lipinski definition) is 3. The van der Waals surface area contributed by atoms with Gasteiger partial charge in [0, 0.05) is 20.0 Å². The van der Waals surface area contributed by atoms with Crippen molar-refractivity contribution in [3.63, 3.8) is 0 Å². The van der Waals surface area contributed by atoms with Crippen molar-refractivity contribution in [1.29, 1.82) is 0 Å². The highest BCUT2D eigenvalue weighted by molar-refractivity contribution is 5.43. The summed E-state index contributed by atoms with van der Waals surface area (Å²) in [6.45, 7) is 7.70. The summed E-state index contributed by atoms with van der Waals surface area (Å²) in [5.74, 6) is 7.66. The minimum atomic E-state index is 0.290. The Morgan fingerprint density at radius 2 is 1.81 bits per heavy atom. The van der Waals surface area contributed by atoms with Gasteiger partial charge in [0.05, 0.1) is 6.54 Å². The van der Waals surface area contributed by atoms with E-state index < -0.39 is 0 Å². The molecule has 2 aromatic heterocycles. The zero-order valence-corrected chi connectivity index (χ0v) is 12.3. The quantitative estimate of drug-likeness (QED) is 0.484. The summed E-state index contributed by atoms with van der Waals surface area (Å²) in [7, 11) is 0. The van der Waals surface area contributed by atoms with Crippen molar-refractivity contribution in [2.24, 2.45) is 5.84 Å². The van der Waals surface area contributed by atoms with Gasteiger partial charge in [0.15, 0.2) is 5.82 Å². The molecule has 0 spiro atoms. The molecule has 0 aromatic carbocycles. The molecule has 10 heteroatoms. The minimum absolute atomic E-state index is 0.290. The van der Waals surface area contributed by atoms with E-state index in [1.165, 1.54) is 0 Å². The topological polar surface area (TPSA) is 131 Å². The third-order valence-corrected chi connectivity index (χ3v) is 2.77. The number of nitrogen functional groups attached to an aromatic ring is 1. The van der Waals surface area contributed by atoms with Gasteiger partial charge in [-0.15, -0.1) is 0 Å². The van der Waals surface area contributed by atoms with E-state index in [2.05, 4.69) is 35.8 Å². The lowest BCUT2D eigenvalue weighted by molar-refractivity contribution is 0.388. The Bertz CT molecular complexity index is 581. The fourth-order valence-corrected chi connectivity index (χ4v) is 1.73. The Hall–Kier alpha value is -2.49. The first-order chi connectivity index (χ1) is 10.2. The SMILES string of the molecule is CCN(CC)c1nc(NN)nc(NCc2noc(C)n2)n1. The number of aromatic nitrogens is 5. The Kier molecular flexibility index (Phi) is 4.82. The smallest absolute Gasteiger partial charge is 0.243 e. The van der Waals surface area contributed by atoms with E-state index in [1.807, 2.05) is 18.7 Å². The van der Waals surface area contributed by atoms with Crippen LogP contribution in [0.3, 0.4) is 0 Å². The highest BCUT2D eigenvalue weighted by Gasteiger charge is 2.11. The molecular formula is C11H19N9O. The van der Waals surface area contributed by atoms with Gasteiger partial charge in [-0.3, -0.25) is 5.43 Å². The molecule has 0 atom stereocenters. The first-order valence-corrected chi connectivity index (χ1v) is 6.67. The molecule has 2 heterocycles. The van der Waals surface area contributed by atoms with Crippen molar-refractivity contribution >= 4 is 17.8 Å². The Morgan fingerprint density at radius 3 is 2.38 bits per heavy atom. The van der Waals surface area contributed by atoms with Crippen molar-refractivity contribution in [1.82, 2.24) is 25.1 Å². The summed E-state index contributed by atoms with van der Waals surface area (Å²) in [5.41, 5.74) is 2.43. The van der Waals surface area contributed by atoms with Crippen molar-refractivity contribution in [3.05, 3.63) is 11.7 Å². The van der Waals surface area contributed by atoms with Crippen LogP contribution >= 0.6 is 0 Å². The summed E-state index contributed by atoms with van der Waals surface area (Å²) in [5, 5.41) is 6.82. The van der Waals surface area contributed by atoms with E-state index >= 15 is 0 Å². The monoisotopic (exact) mass is 293 g/mol. The Labute approximate surface area is 122 Å². The molecule has 0 aliphatic carbocycles. The molecule has 0 radical (unpaired) electrons. The molecule has 0 fully saturated rings. The fraction of sp³-hybridized carbons (Fsp3) is 0.545. The molecule has 0 bridgehead atoms. The zero-order chi connectivity index (χ0) is 15.2. The molecule has 2 aromatic rings. The van der Waals surface area contributed by atoms with Gasteiger partial charge in [0.1, 0.15) is 0 Å². The molecular weight excluding hydrogens is 274 g/mol. The predicted molar refractivity (Wildman–Crippen MR) is 77.6 cm³/mol. The van der Waals surface area contributed by atoms with Crippen LogP contribution in [0.5, 0.6) is 0 Å². The maximum atomic E-state index is 5.39. The molecule has 21 heavy (non-hydrogen) atoms. The number of aryl methyl sites for hydroxylation is 1. The lowest BCUT2D eigenvalue weighted by atomic mass is 10.5. The number of nitrogens with two attached hydrogens (primary N) is 1. The summed E-state index contributed by atoms with van der Waals surface area (Å²) in [4.78, 5) is 18.8. The molecule has 4 N–H and O–H groups in total. The number of nitrogens with one attached hydrogen (secondary N) is 2. The average Bonchev–Trinajstić information content (AvgIpc) is 2.92. The maximum Gasteiger partial charge on any atom is 0.243 e. The molecule has 0 unspecified atom stereocenters.